The molecule has 1 aromatic carbocycles. The van der Waals surface area contributed by atoms with Crippen molar-refractivity contribution in [3.63, 3.8) is 0 Å². The van der Waals surface area contributed by atoms with Crippen molar-refractivity contribution in [2.24, 2.45) is 0 Å². The molecule has 3 aromatic rings. The highest BCUT2D eigenvalue weighted by Gasteiger charge is 2.42. The number of nitrogens with one attached hydrogen (secondary N) is 1. The van der Waals surface area contributed by atoms with E-state index in [0.29, 0.717) is 31.8 Å². The number of fused-ring (bicyclic) bond motifs is 1. The van der Waals surface area contributed by atoms with Crippen LogP contribution in [-0.2, 0) is 28.7 Å². The zero-order valence-corrected chi connectivity index (χ0v) is 23.9. The SMILES string of the molecule is CCc1c(C2=CCN(CC)CC2(F)F)c(=O)n2nc(C3=CCOCC3)nc2n1CC(=O)Nc1ccc(C(F)(F)F)cc1C. The summed E-state index contributed by atoms with van der Waals surface area (Å²) in [4.78, 5) is 33.3. The van der Waals surface area contributed by atoms with E-state index >= 15 is 8.78 Å². The number of rotatable bonds is 7. The Labute approximate surface area is 243 Å². The van der Waals surface area contributed by atoms with E-state index in [1.807, 2.05) is 0 Å². The summed E-state index contributed by atoms with van der Waals surface area (Å²) in [5.74, 6) is -3.80. The first kappa shape index (κ1) is 30.5. The molecule has 14 heteroatoms. The predicted molar refractivity (Wildman–Crippen MR) is 150 cm³/mol. The highest BCUT2D eigenvalue weighted by Crippen LogP contribution is 2.37. The quantitative estimate of drug-likeness (QED) is 0.396. The van der Waals surface area contributed by atoms with Crippen molar-refractivity contribution >= 4 is 28.5 Å². The number of alkyl halides is 5. The van der Waals surface area contributed by atoms with Crippen molar-refractivity contribution < 1.29 is 31.5 Å². The summed E-state index contributed by atoms with van der Waals surface area (Å²) in [7, 11) is 0. The third-order valence-electron chi connectivity index (χ3n) is 7.65. The Morgan fingerprint density at radius 3 is 2.56 bits per heavy atom. The maximum Gasteiger partial charge on any atom is 0.416 e. The molecule has 0 atom stereocenters. The maximum atomic E-state index is 15.5. The Hall–Kier alpha value is -3.91. The highest BCUT2D eigenvalue weighted by atomic mass is 19.4. The smallest absolute Gasteiger partial charge is 0.377 e. The van der Waals surface area contributed by atoms with Crippen LogP contribution in [0.25, 0.3) is 16.9 Å². The van der Waals surface area contributed by atoms with Gasteiger partial charge in [-0.25, -0.2) is 0 Å². The Morgan fingerprint density at radius 2 is 1.95 bits per heavy atom. The van der Waals surface area contributed by atoms with E-state index in [9.17, 15) is 22.8 Å². The standard InChI is InChI=1S/C29H31F5N6O3/c1-4-22-24(20-8-11-38(5-2)16-28(20,30)31)26(42)40-27(36-25(37-40)18-9-12-43-13-10-18)39(22)15-23(41)35-21-7-6-19(14-17(21)3)29(32,33)34/h6-9,14H,4-5,10-13,15-16H2,1-3H3,(H,35,41). The molecule has 0 fully saturated rings. The molecule has 0 saturated heterocycles. The van der Waals surface area contributed by atoms with E-state index in [1.54, 1.807) is 24.8 Å². The van der Waals surface area contributed by atoms with Crippen molar-refractivity contribution in [1.82, 2.24) is 24.1 Å². The average molecular weight is 607 g/mol. The lowest BCUT2D eigenvalue weighted by atomic mass is 9.94. The molecular weight excluding hydrogens is 575 g/mol. The number of amides is 1. The molecule has 0 unspecified atom stereocenters. The Balaban J connectivity index is 1.63. The van der Waals surface area contributed by atoms with E-state index < -0.39 is 47.8 Å². The lowest BCUT2D eigenvalue weighted by Gasteiger charge is -2.32. The van der Waals surface area contributed by atoms with Gasteiger partial charge in [0.05, 0.1) is 30.9 Å². The number of carbonyl (C=O) groups is 1. The minimum atomic E-state index is -4.55. The molecule has 1 N–H and O–H groups in total. The minimum absolute atomic E-state index is 0.0119. The molecule has 2 aliphatic heterocycles. The van der Waals surface area contributed by atoms with Crippen LogP contribution in [0.4, 0.5) is 27.6 Å². The molecule has 230 valence electrons. The fourth-order valence-electron chi connectivity index (χ4n) is 5.41. The van der Waals surface area contributed by atoms with Gasteiger partial charge in [-0.2, -0.15) is 31.5 Å². The molecule has 4 heterocycles. The van der Waals surface area contributed by atoms with E-state index in [-0.39, 0.29) is 47.1 Å². The van der Waals surface area contributed by atoms with E-state index in [1.165, 1.54) is 17.6 Å². The number of nitrogens with zero attached hydrogens (tertiary/aromatic N) is 5. The zero-order chi connectivity index (χ0) is 31.1. The van der Waals surface area contributed by atoms with Crippen molar-refractivity contribution in [2.75, 3.05) is 38.2 Å². The second-order valence-corrected chi connectivity index (χ2v) is 10.5. The summed E-state index contributed by atoms with van der Waals surface area (Å²) in [5.41, 5.74) is -1.08. The summed E-state index contributed by atoms with van der Waals surface area (Å²) in [6, 6.07) is 2.94. The van der Waals surface area contributed by atoms with E-state index in [4.69, 9.17) is 4.74 Å². The van der Waals surface area contributed by atoms with Crippen LogP contribution in [0.3, 0.4) is 0 Å². The molecule has 9 nitrogen and oxygen atoms in total. The van der Waals surface area contributed by atoms with Crippen molar-refractivity contribution in [2.45, 2.75) is 52.3 Å². The third-order valence-corrected chi connectivity index (χ3v) is 7.65. The Kier molecular flexibility index (Phi) is 8.27. The number of aromatic nitrogens is 4. The summed E-state index contributed by atoms with van der Waals surface area (Å²) in [5, 5.41) is 6.98. The van der Waals surface area contributed by atoms with Gasteiger partial charge in [0.25, 0.3) is 11.5 Å². The fraction of sp³-hybridized carbons (Fsp3) is 0.448. The van der Waals surface area contributed by atoms with Gasteiger partial charge in [-0.3, -0.25) is 14.5 Å². The predicted octanol–water partition coefficient (Wildman–Crippen LogP) is 4.58. The average Bonchev–Trinajstić information content (AvgIpc) is 3.41. The summed E-state index contributed by atoms with van der Waals surface area (Å²) in [6.45, 7) is 5.21. The zero-order valence-electron chi connectivity index (χ0n) is 23.9. The highest BCUT2D eigenvalue weighted by molar-refractivity contribution is 5.92. The minimum Gasteiger partial charge on any atom is -0.377 e. The number of ether oxygens (including phenoxy) is 1. The molecule has 43 heavy (non-hydrogen) atoms. The van der Waals surface area contributed by atoms with Crippen LogP contribution in [0.1, 0.15) is 48.5 Å². The van der Waals surface area contributed by atoms with Gasteiger partial charge in [-0.15, -0.1) is 5.10 Å². The van der Waals surface area contributed by atoms with E-state index in [0.717, 1.165) is 22.7 Å². The molecule has 0 aliphatic carbocycles. The molecule has 1 amide bonds. The van der Waals surface area contributed by atoms with Crippen LogP contribution in [0.2, 0.25) is 0 Å². The largest absolute Gasteiger partial charge is 0.416 e. The van der Waals surface area contributed by atoms with Crippen LogP contribution in [-0.4, -0.2) is 68.7 Å². The molecule has 2 aliphatic rings. The normalized spacial score (nSPS) is 17.6. The van der Waals surface area contributed by atoms with E-state index in [2.05, 4.69) is 15.4 Å². The van der Waals surface area contributed by atoms with Crippen molar-refractivity contribution in [1.29, 1.82) is 0 Å². The fourth-order valence-corrected chi connectivity index (χ4v) is 5.41. The number of hydrogen-bond donors (Lipinski definition) is 1. The lowest BCUT2D eigenvalue weighted by molar-refractivity contribution is -0.137. The number of hydrogen-bond acceptors (Lipinski definition) is 6. The first-order valence-corrected chi connectivity index (χ1v) is 13.9. The number of carbonyl (C=O) groups excluding carboxylic acids is 1. The molecule has 0 saturated carbocycles. The second-order valence-electron chi connectivity index (χ2n) is 10.5. The monoisotopic (exact) mass is 606 g/mol. The molecule has 0 bridgehead atoms. The molecular formula is C29H31F5N6O3. The van der Waals surface area contributed by atoms with Crippen molar-refractivity contribution in [3.8, 4) is 0 Å². The molecule has 5 rings (SSSR count). The summed E-state index contributed by atoms with van der Waals surface area (Å²) >= 11 is 0. The van der Waals surface area contributed by atoms with Gasteiger partial charge in [-0.05, 0) is 55.6 Å². The van der Waals surface area contributed by atoms with Gasteiger partial charge in [0.1, 0.15) is 6.54 Å². The first-order valence-electron chi connectivity index (χ1n) is 13.9. The number of benzene rings is 1. The molecule has 0 spiro atoms. The van der Waals surface area contributed by atoms with Gasteiger partial charge in [0, 0.05) is 23.5 Å². The van der Waals surface area contributed by atoms with Crippen molar-refractivity contribution in [3.05, 3.63) is 68.9 Å². The number of aryl methyl sites for hydroxylation is 1. The van der Waals surface area contributed by atoms with Gasteiger partial charge in [0.2, 0.25) is 11.7 Å². The van der Waals surface area contributed by atoms with Gasteiger partial charge >= 0.3 is 6.18 Å². The van der Waals surface area contributed by atoms with Crippen LogP contribution >= 0.6 is 0 Å². The van der Waals surface area contributed by atoms with Crippen LogP contribution in [0.5, 0.6) is 0 Å². The maximum absolute atomic E-state index is 15.5. The number of anilines is 1. The molecule has 2 aromatic heterocycles. The van der Waals surface area contributed by atoms with Gasteiger partial charge < -0.3 is 14.6 Å². The third kappa shape index (κ3) is 5.98. The van der Waals surface area contributed by atoms with Gasteiger partial charge in [0.15, 0.2) is 5.82 Å². The van der Waals surface area contributed by atoms with Crippen LogP contribution < -0.4 is 10.9 Å². The Morgan fingerprint density at radius 1 is 1.19 bits per heavy atom. The van der Waals surface area contributed by atoms with Crippen LogP contribution in [0, 0.1) is 6.92 Å². The topological polar surface area (TPSA) is 93.8 Å². The van der Waals surface area contributed by atoms with Crippen LogP contribution in [0.15, 0.2) is 35.1 Å². The number of likely N-dealkylation sites (N-methyl/N-ethyl adjacent to an activating group) is 1. The lowest BCUT2D eigenvalue weighted by Crippen LogP contribution is -2.43. The second kappa shape index (κ2) is 11.6. The first-order chi connectivity index (χ1) is 20.3. The van der Waals surface area contributed by atoms with Gasteiger partial charge in [-0.1, -0.05) is 26.0 Å². The summed E-state index contributed by atoms with van der Waals surface area (Å²) in [6.07, 6.45) is -0.855. The number of halogens is 5. The summed E-state index contributed by atoms with van der Waals surface area (Å²) < 4.78 is 78.2. The Bertz CT molecular complexity index is 1690. The molecule has 0 radical (unpaired) electrons.